The van der Waals surface area contributed by atoms with E-state index < -0.39 is 5.97 Å². The summed E-state index contributed by atoms with van der Waals surface area (Å²) in [5.74, 6) is -0.187. The number of carbonyl (C=O) groups is 1. The minimum Gasteiger partial charge on any atom is -0.462 e. The van der Waals surface area contributed by atoms with E-state index in [0.717, 1.165) is 40.5 Å². The third-order valence-corrected chi connectivity index (χ3v) is 5.97. The van der Waals surface area contributed by atoms with Gasteiger partial charge in [-0.05, 0) is 49.2 Å². The zero-order valence-electron chi connectivity index (χ0n) is 17.0. The van der Waals surface area contributed by atoms with Gasteiger partial charge in [0.1, 0.15) is 16.9 Å². The highest BCUT2D eigenvalue weighted by atomic mass is 79.9. The molecule has 2 aromatic heterocycles. The van der Waals surface area contributed by atoms with Crippen molar-refractivity contribution in [2.45, 2.75) is 33.1 Å². The number of halogens is 1. The molecule has 0 unspecified atom stereocenters. The lowest BCUT2D eigenvalue weighted by Crippen LogP contribution is -2.10. The highest BCUT2D eigenvalue weighted by Gasteiger charge is 2.26. The molecule has 4 aromatic rings. The zero-order valence-corrected chi connectivity index (χ0v) is 18.6. The van der Waals surface area contributed by atoms with E-state index in [9.17, 15) is 4.79 Å². The Morgan fingerprint density at radius 2 is 1.87 bits per heavy atom. The molecule has 0 amide bonds. The van der Waals surface area contributed by atoms with Crippen LogP contribution in [0.25, 0.3) is 27.9 Å². The molecule has 0 bridgehead atoms. The highest BCUT2D eigenvalue weighted by Crippen LogP contribution is 2.32. The number of rotatable bonds is 6. The summed E-state index contributed by atoms with van der Waals surface area (Å²) in [6.07, 6.45) is 2.88. The Morgan fingerprint density at radius 1 is 1.13 bits per heavy atom. The maximum atomic E-state index is 13.0. The van der Waals surface area contributed by atoms with Crippen molar-refractivity contribution in [3.63, 3.8) is 0 Å². The molecule has 2 heterocycles. The minimum atomic E-state index is -0.467. The molecule has 30 heavy (non-hydrogen) atoms. The number of nitrogen functional groups attached to an aromatic ring is 1. The summed E-state index contributed by atoms with van der Waals surface area (Å²) in [5.41, 5.74) is 11.1. The lowest BCUT2D eigenvalue weighted by Gasteiger charge is -2.10. The molecular weight excluding hydrogens is 444 g/mol. The Kier molecular flexibility index (Phi) is 5.72. The number of esters is 1. The molecule has 0 fully saturated rings. The molecule has 7 heteroatoms. The van der Waals surface area contributed by atoms with Gasteiger partial charge in [-0.1, -0.05) is 47.8 Å². The van der Waals surface area contributed by atoms with Crippen LogP contribution in [0.1, 0.15) is 42.1 Å². The molecule has 2 aromatic carbocycles. The van der Waals surface area contributed by atoms with Crippen LogP contribution in [0.4, 0.5) is 5.82 Å². The zero-order chi connectivity index (χ0) is 21.3. The summed E-state index contributed by atoms with van der Waals surface area (Å²) in [7, 11) is 0. The largest absolute Gasteiger partial charge is 0.462 e. The van der Waals surface area contributed by atoms with Gasteiger partial charge in [0.15, 0.2) is 5.65 Å². The van der Waals surface area contributed by atoms with Gasteiger partial charge in [-0.3, -0.25) is 4.57 Å². The van der Waals surface area contributed by atoms with Gasteiger partial charge in [-0.2, -0.15) is 0 Å². The molecule has 2 N–H and O–H groups in total. The van der Waals surface area contributed by atoms with Gasteiger partial charge in [0.05, 0.1) is 17.6 Å². The number of ether oxygens (including phenoxy) is 1. The van der Waals surface area contributed by atoms with Crippen molar-refractivity contribution in [2.24, 2.45) is 0 Å². The van der Waals surface area contributed by atoms with Gasteiger partial charge in [-0.25, -0.2) is 14.8 Å². The van der Waals surface area contributed by atoms with E-state index in [-0.39, 0.29) is 11.4 Å². The Hall–Kier alpha value is -2.93. The van der Waals surface area contributed by atoms with Crippen LogP contribution >= 0.6 is 15.9 Å². The molecule has 0 aliphatic rings. The van der Waals surface area contributed by atoms with Gasteiger partial charge < -0.3 is 10.5 Å². The van der Waals surface area contributed by atoms with Gasteiger partial charge in [0, 0.05) is 10.2 Å². The second-order valence-electron chi connectivity index (χ2n) is 7.26. The smallest absolute Gasteiger partial charge is 0.344 e. The van der Waals surface area contributed by atoms with Crippen molar-refractivity contribution >= 4 is 49.9 Å². The molecule has 0 aliphatic heterocycles. The molecule has 0 saturated carbocycles. The van der Waals surface area contributed by atoms with Gasteiger partial charge in [0.2, 0.25) is 0 Å². The number of carbonyl (C=O) groups excluding carboxylic acids is 1. The summed E-state index contributed by atoms with van der Waals surface area (Å²) in [6, 6.07) is 13.4. The standard InChI is InChI=1S/C23H23BrN4O2/c1-3-4-7-12-30-23(29)19-20-22(27-18-9-6-5-8-17(18)26-20)28(21(19)25)15-10-11-16(24)14(2)13-15/h5-6,8-11,13H,3-4,7,12,25H2,1-2H3. The first-order valence-electron chi connectivity index (χ1n) is 10.0. The fourth-order valence-electron chi connectivity index (χ4n) is 3.48. The predicted octanol–water partition coefficient (Wildman–Crippen LogP) is 5.57. The molecule has 0 atom stereocenters. The monoisotopic (exact) mass is 466 g/mol. The average molecular weight is 467 g/mol. The lowest BCUT2D eigenvalue weighted by atomic mass is 10.2. The van der Waals surface area contributed by atoms with E-state index in [1.165, 1.54) is 0 Å². The quantitative estimate of drug-likeness (QED) is 0.296. The number of anilines is 1. The fraction of sp³-hybridized carbons (Fsp3) is 0.261. The summed E-state index contributed by atoms with van der Waals surface area (Å²) in [5, 5.41) is 0. The predicted molar refractivity (Wildman–Crippen MR) is 123 cm³/mol. The number of fused-ring (bicyclic) bond motifs is 2. The van der Waals surface area contributed by atoms with Gasteiger partial charge in [-0.15, -0.1) is 0 Å². The minimum absolute atomic E-state index is 0.264. The molecule has 6 nitrogen and oxygen atoms in total. The van der Waals surface area contributed by atoms with Crippen LogP contribution in [0.2, 0.25) is 0 Å². The third-order valence-electron chi connectivity index (χ3n) is 5.08. The number of aromatic nitrogens is 3. The maximum Gasteiger partial charge on any atom is 0.344 e. The Labute approximate surface area is 183 Å². The first kappa shape index (κ1) is 20.3. The average Bonchev–Trinajstić information content (AvgIpc) is 3.02. The number of nitrogens with zero attached hydrogens (tertiary/aromatic N) is 3. The molecule has 0 aliphatic carbocycles. The van der Waals surface area contributed by atoms with Crippen LogP contribution in [0.15, 0.2) is 46.9 Å². The molecule has 154 valence electrons. The van der Waals surface area contributed by atoms with Crippen molar-refractivity contribution in [3.8, 4) is 5.69 Å². The Morgan fingerprint density at radius 3 is 2.57 bits per heavy atom. The second-order valence-corrected chi connectivity index (χ2v) is 8.11. The van der Waals surface area contributed by atoms with Crippen LogP contribution in [-0.2, 0) is 4.74 Å². The normalized spacial score (nSPS) is 11.3. The summed E-state index contributed by atoms with van der Waals surface area (Å²) >= 11 is 3.53. The van der Waals surface area contributed by atoms with Gasteiger partial charge >= 0.3 is 5.97 Å². The van der Waals surface area contributed by atoms with Crippen LogP contribution in [-0.4, -0.2) is 27.1 Å². The van der Waals surface area contributed by atoms with Crippen LogP contribution in [0.3, 0.4) is 0 Å². The molecule has 4 rings (SSSR count). The van der Waals surface area contributed by atoms with Crippen molar-refractivity contribution in [1.29, 1.82) is 0 Å². The van der Waals surface area contributed by atoms with Crippen molar-refractivity contribution in [1.82, 2.24) is 14.5 Å². The third kappa shape index (κ3) is 3.65. The summed E-state index contributed by atoms with van der Waals surface area (Å²) < 4.78 is 8.28. The molecule has 0 radical (unpaired) electrons. The number of hydrogen-bond donors (Lipinski definition) is 1. The van der Waals surface area contributed by atoms with Crippen molar-refractivity contribution in [3.05, 3.63) is 58.1 Å². The van der Waals surface area contributed by atoms with E-state index in [0.29, 0.717) is 23.3 Å². The molecule has 0 spiro atoms. The van der Waals surface area contributed by atoms with Crippen molar-refractivity contribution < 1.29 is 9.53 Å². The van der Waals surface area contributed by atoms with Crippen LogP contribution in [0, 0.1) is 6.92 Å². The summed E-state index contributed by atoms with van der Waals surface area (Å²) in [6.45, 7) is 4.46. The SMILES string of the molecule is CCCCCOC(=O)c1c(N)n(-c2ccc(Br)c(C)c2)c2nc3ccccc3nc12. The van der Waals surface area contributed by atoms with Gasteiger partial charge in [0.25, 0.3) is 0 Å². The van der Waals surface area contributed by atoms with E-state index in [4.69, 9.17) is 20.4 Å². The number of hydrogen-bond acceptors (Lipinski definition) is 5. The number of unbranched alkanes of at least 4 members (excludes halogenated alkanes) is 2. The van der Waals surface area contributed by atoms with E-state index >= 15 is 0 Å². The second kappa shape index (κ2) is 8.44. The Bertz CT molecular complexity index is 1250. The van der Waals surface area contributed by atoms with E-state index in [2.05, 4.69) is 22.9 Å². The Balaban J connectivity index is 1.92. The van der Waals surface area contributed by atoms with E-state index in [1.807, 2.05) is 49.4 Å². The van der Waals surface area contributed by atoms with Crippen LogP contribution < -0.4 is 5.73 Å². The van der Waals surface area contributed by atoms with Crippen LogP contribution in [0.5, 0.6) is 0 Å². The van der Waals surface area contributed by atoms with Crippen molar-refractivity contribution in [2.75, 3.05) is 12.3 Å². The fourth-order valence-corrected chi connectivity index (χ4v) is 3.73. The first-order valence-corrected chi connectivity index (χ1v) is 10.8. The number of para-hydroxylation sites is 2. The first-order chi connectivity index (χ1) is 14.5. The lowest BCUT2D eigenvalue weighted by molar-refractivity contribution is 0.0501. The number of benzene rings is 2. The maximum absolute atomic E-state index is 13.0. The highest BCUT2D eigenvalue weighted by molar-refractivity contribution is 9.10. The topological polar surface area (TPSA) is 83.0 Å². The summed E-state index contributed by atoms with van der Waals surface area (Å²) in [4.78, 5) is 22.5. The molecule has 0 saturated heterocycles. The molecular formula is C23H23BrN4O2. The van der Waals surface area contributed by atoms with E-state index in [1.54, 1.807) is 4.57 Å². The number of aryl methyl sites for hydroxylation is 1. The number of nitrogens with two attached hydrogens (primary N) is 1.